The summed E-state index contributed by atoms with van der Waals surface area (Å²) in [6.07, 6.45) is 2.88. The summed E-state index contributed by atoms with van der Waals surface area (Å²) in [7, 11) is -3.22. The Labute approximate surface area is 93.9 Å². The molecular weight excluding hydrogens is 226 g/mol. The van der Waals surface area contributed by atoms with Crippen molar-refractivity contribution in [2.45, 2.75) is 29.5 Å². The summed E-state index contributed by atoms with van der Waals surface area (Å²) < 4.78 is 24.1. The average Bonchev–Trinajstić information content (AvgIpc) is 3.10. The SMILES string of the molecule is O=C=NCc1ccccc1S(=O)(=O)C1CC1. The van der Waals surface area contributed by atoms with Gasteiger partial charge in [-0.05, 0) is 24.5 Å². The lowest BCUT2D eigenvalue weighted by molar-refractivity contribution is 0.562. The van der Waals surface area contributed by atoms with Gasteiger partial charge in [0.05, 0.1) is 16.7 Å². The molecule has 1 aromatic rings. The smallest absolute Gasteiger partial charge is 0.223 e. The maximum absolute atomic E-state index is 12.0. The van der Waals surface area contributed by atoms with Gasteiger partial charge >= 0.3 is 0 Å². The van der Waals surface area contributed by atoms with Crippen molar-refractivity contribution in [3.8, 4) is 0 Å². The molecule has 1 aromatic carbocycles. The largest absolute Gasteiger partial charge is 0.235 e. The highest BCUT2D eigenvalue weighted by Crippen LogP contribution is 2.34. The minimum atomic E-state index is -3.22. The van der Waals surface area contributed by atoms with Crippen LogP contribution in [0.1, 0.15) is 18.4 Å². The Kier molecular flexibility index (Phi) is 2.90. The molecule has 0 N–H and O–H groups in total. The summed E-state index contributed by atoms with van der Waals surface area (Å²) >= 11 is 0. The lowest BCUT2D eigenvalue weighted by Crippen LogP contribution is -2.09. The van der Waals surface area contributed by atoms with Crippen molar-refractivity contribution < 1.29 is 13.2 Å². The van der Waals surface area contributed by atoms with Crippen molar-refractivity contribution in [2.24, 2.45) is 4.99 Å². The summed E-state index contributed by atoms with van der Waals surface area (Å²) in [6, 6.07) is 6.67. The molecule has 0 aromatic heterocycles. The molecule has 1 aliphatic carbocycles. The molecule has 4 nitrogen and oxygen atoms in total. The zero-order chi connectivity index (χ0) is 11.6. The predicted octanol–water partition coefficient (Wildman–Crippen LogP) is 1.46. The molecule has 0 unspecified atom stereocenters. The van der Waals surface area contributed by atoms with Crippen LogP contribution in [0, 0.1) is 0 Å². The van der Waals surface area contributed by atoms with E-state index in [1.807, 2.05) is 0 Å². The summed E-state index contributed by atoms with van der Waals surface area (Å²) in [5.41, 5.74) is 0.567. The maximum atomic E-state index is 12.0. The Hall–Kier alpha value is -1.45. The molecule has 1 aliphatic rings. The highest BCUT2D eigenvalue weighted by atomic mass is 32.2. The number of sulfone groups is 1. The van der Waals surface area contributed by atoms with Gasteiger partial charge in [-0.25, -0.2) is 18.2 Å². The number of nitrogens with zero attached hydrogens (tertiary/aromatic N) is 1. The van der Waals surface area contributed by atoms with E-state index in [1.54, 1.807) is 24.3 Å². The van der Waals surface area contributed by atoms with E-state index in [-0.39, 0.29) is 11.8 Å². The van der Waals surface area contributed by atoms with Crippen molar-refractivity contribution in [3.05, 3.63) is 29.8 Å². The Bertz CT molecular complexity index is 540. The predicted molar refractivity (Wildman–Crippen MR) is 58.5 cm³/mol. The highest BCUT2D eigenvalue weighted by Gasteiger charge is 2.37. The van der Waals surface area contributed by atoms with Crippen molar-refractivity contribution in [1.82, 2.24) is 0 Å². The molecule has 5 heteroatoms. The van der Waals surface area contributed by atoms with E-state index in [2.05, 4.69) is 4.99 Å². The minimum absolute atomic E-state index is 0.0750. The van der Waals surface area contributed by atoms with Crippen molar-refractivity contribution in [3.63, 3.8) is 0 Å². The van der Waals surface area contributed by atoms with Crippen molar-refractivity contribution in [2.75, 3.05) is 0 Å². The molecule has 1 saturated carbocycles. The summed E-state index contributed by atoms with van der Waals surface area (Å²) in [5.74, 6) is 0. The zero-order valence-electron chi connectivity index (χ0n) is 8.59. The van der Waals surface area contributed by atoms with Gasteiger partial charge < -0.3 is 0 Å². The lowest BCUT2D eigenvalue weighted by Gasteiger charge is -2.06. The van der Waals surface area contributed by atoms with Crippen molar-refractivity contribution >= 4 is 15.9 Å². The van der Waals surface area contributed by atoms with Crippen LogP contribution in [0.15, 0.2) is 34.2 Å². The van der Waals surface area contributed by atoms with Gasteiger partial charge in [-0.1, -0.05) is 18.2 Å². The number of aliphatic imine (C=N–C) groups is 1. The monoisotopic (exact) mass is 237 g/mol. The second-order valence-corrected chi connectivity index (χ2v) is 5.96. The van der Waals surface area contributed by atoms with Gasteiger partial charge in [-0.3, -0.25) is 0 Å². The average molecular weight is 237 g/mol. The Morgan fingerprint density at radius 3 is 2.62 bits per heavy atom. The molecule has 0 spiro atoms. The first-order chi connectivity index (χ1) is 7.66. The van der Waals surface area contributed by atoms with E-state index in [9.17, 15) is 13.2 Å². The number of benzene rings is 1. The molecule has 0 radical (unpaired) electrons. The number of hydrogen-bond donors (Lipinski definition) is 0. The number of carbonyl (C=O) groups excluding carboxylic acids is 1. The first-order valence-electron chi connectivity index (χ1n) is 5.01. The first kappa shape index (κ1) is 11.0. The van der Waals surface area contributed by atoms with Crippen molar-refractivity contribution in [1.29, 1.82) is 0 Å². The van der Waals surface area contributed by atoms with E-state index in [0.29, 0.717) is 10.5 Å². The van der Waals surface area contributed by atoms with Crippen LogP contribution in [0.25, 0.3) is 0 Å². The summed E-state index contributed by atoms with van der Waals surface area (Å²) in [4.78, 5) is 13.8. The Balaban J connectivity index is 2.43. The Morgan fingerprint density at radius 1 is 1.31 bits per heavy atom. The molecule has 0 heterocycles. The molecule has 0 saturated heterocycles. The second kappa shape index (κ2) is 4.20. The summed E-state index contributed by atoms with van der Waals surface area (Å²) in [6.45, 7) is 0.0750. The number of hydrogen-bond acceptors (Lipinski definition) is 4. The molecule has 0 amide bonds. The second-order valence-electron chi connectivity index (χ2n) is 3.76. The Morgan fingerprint density at radius 2 is 2.00 bits per heavy atom. The van der Waals surface area contributed by atoms with Gasteiger partial charge in [0.25, 0.3) is 0 Å². The third kappa shape index (κ3) is 2.05. The molecule has 0 aliphatic heterocycles. The lowest BCUT2D eigenvalue weighted by atomic mass is 10.2. The van der Waals surface area contributed by atoms with Crippen LogP contribution in [0.5, 0.6) is 0 Å². The standard InChI is InChI=1S/C11H11NO3S/c13-8-12-7-9-3-1-2-4-11(9)16(14,15)10-5-6-10/h1-4,10H,5-7H2. The van der Waals surface area contributed by atoms with Gasteiger partial charge in [0, 0.05) is 0 Å². The van der Waals surface area contributed by atoms with Gasteiger partial charge in [0.15, 0.2) is 9.84 Å². The topological polar surface area (TPSA) is 63.6 Å². The third-order valence-electron chi connectivity index (χ3n) is 2.56. The van der Waals surface area contributed by atoms with Crippen LogP contribution in [-0.4, -0.2) is 19.7 Å². The van der Waals surface area contributed by atoms with E-state index < -0.39 is 9.84 Å². The highest BCUT2D eigenvalue weighted by molar-refractivity contribution is 7.92. The normalized spacial score (nSPS) is 15.5. The molecular formula is C11H11NO3S. The molecule has 0 bridgehead atoms. The molecule has 2 rings (SSSR count). The third-order valence-corrected chi connectivity index (χ3v) is 4.92. The number of isocyanates is 1. The van der Waals surface area contributed by atoms with Gasteiger partial charge in [-0.2, -0.15) is 0 Å². The fraction of sp³-hybridized carbons (Fsp3) is 0.364. The molecule has 84 valence electrons. The molecule has 1 fully saturated rings. The zero-order valence-corrected chi connectivity index (χ0v) is 9.40. The van der Waals surface area contributed by atoms with E-state index in [0.717, 1.165) is 12.8 Å². The quantitative estimate of drug-likeness (QED) is 0.588. The minimum Gasteiger partial charge on any atom is -0.223 e. The maximum Gasteiger partial charge on any atom is 0.235 e. The van der Waals surface area contributed by atoms with E-state index >= 15 is 0 Å². The van der Waals surface area contributed by atoms with Crippen LogP contribution in [-0.2, 0) is 21.2 Å². The van der Waals surface area contributed by atoms with E-state index in [1.165, 1.54) is 6.08 Å². The molecule has 0 atom stereocenters. The van der Waals surface area contributed by atoms with Crippen LogP contribution in [0.3, 0.4) is 0 Å². The fourth-order valence-corrected chi connectivity index (χ4v) is 3.47. The summed E-state index contributed by atoms with van der Waals surface area (Å²) in [5, 5.41) is -0.242. The number of rotatable bonds is 4. The van der Waals surface area contributed by atoms with E-state index in [4.69, 9.17) is 0 Å². The van der Waals surface area contributed by atoms with Crippen LogP contribution in [0.2, 0.25) is 0 Å². The molecule has 16 heavy (non-hydrogen) atoms. The van der Waals surface area contributed by atoms with Gasteiger partial charge in [-0.15, -0.1) is 0 Å². The van der Waals surface area contributed by atoms with Gasteiger partial charge in [0.2, 0.25) is 6.08 Å². The first-order valence-corrected chi connectivity index (χ1v) is 6.56. The van der Waals surface area contributed by atoms with Crippen LogP contribution < -0.4 is 0 Å². The van der Waals surface area contributed by atoms with Crippen LogP contribution in [0.4, 0.5) is 0 Å². The van der Waals surface area contributed by atoms with Crippen LogP contribution >= 0.6 is 0 Å². The van der Waals surface area contributed by atoms with Gasteiger partial charge in [0.1, 0.15) is 0 Å². The fourth-order valence-electron chi connectivity index (χ4n) is 1.59.